The second-order valence-electron chi connectivity index (χ2n) is 6.16. The lowest BCUT2D eigenvalue weighted by molar-refractivity contribution is -0.148. The number of nitrogens with one attached hydrogen (secondary N) is 1. The Kier molecular flexibility index (Phi) is 6.93. The SMILES string of the molecule is CC(=O)c1cccc(NC(=O)C(C)OC(=O)C=Cc2cccc(C(F)(F)F)c2)c1. The normalized spacial score (nSPS) is 12.4. The van der Waals surface area contributed by atoms with Crippen LogP contribution in [0.5, 0.6) is 0 Å². The fourth-order valence-corrected chi connectivity index (χ4v) is 2.31. The van der Waals surface area contributed by atoms with Crippen LogP contribution in [0.4, 0.5) is 18.9 Å². The summed E-state index contributed by atoms with van der Waals surface area (Å²) in [6, 6.07) is 10.7. The van der Waals surface area contributed by atoms with Crippen LogP contribution in [0.3, 0.4) is 0 Å². The number of ether oxygens (including phenoxy) is 1. The number of amides is 1. The van der Waals surface area contributed by atoms with Gasteiger partial charge in [-0.1, -0.05) is 24.3 Å². The molecule has 1 amide bonds. The number of esters is 1. The third kappa shape index (κ3) is 6.60. The lowest BCUT2D eigenvalue weighted by atomic mass is 10.1. The summed E-state index contributed by atoms with van der Waals surface area (Å²) in [5.41, 5.74) is 0.102. The molecule has 2 rings (SSSR count). The van der Waals surface area contributed by atoms with Gasteiger partial charge >= 0.3 is 12.1 Å². The predicted molar refractivity (Wildman–Crippen MR) is 101 cm³/mol. The first-order valence-electron chi connectivity index (χ1n) is 8.54. The predicted octanol–water partition coefficient (Wildman–Crippen LogP) is 4.49. The van der Waals surface area contributed by atoms with Crippen LogP contribution in [0, 0.1) is 0 Å². The molecule has 0 saturated carbocycles. The summed E-state index contributed by atoms with van der Waals surface area (Å²) in [6.45, 7) is 2.74. The first-order chi connectivity index (χ1) is 13.6. The molecule has 0 aromatic heterocycles. The van der Waals surface area contributed by atoms with E-state index in [4.69, 9.17) is 4.74 Å². The number of Topliss-reactive ketones (excluding diaryl/α,β-unsaturated/α-hetero) is 1. The van der Waals surface area contributed by atoms with E-state index in [2.05, 4.69) is 5.32 Å². The molecule has 2 aromatic carbocycles. The maximum atomic E-state index is 12.7. The van der Waals surface area contributed by atoms with Crippen LogP contribution in [0.15, 0.2) is 54.6 Å². The van der Waals surface area contributed by atoms with Crippen molar-refractivity contribution in [2.24, 2.45) is 0 Å². The van der Waals surface area contributed by atoms with Gasteiger partial charge in [-0.25, -0.2) is 4.79 Å². The standard InChI is InChI=1S/C21H18F3NO4/c1-13(26)16-6-4-8-18(12-16)25-20(28)14(2)29-19(27)10-9-15-5-3-7-17(11-15)21(22,23)24/h3-12,14H,1-2H3,(H,25,28). The van der Waals surface area contributed by atoms with Crippen LogP contribution in [-0.2, 0) is 20.5 Å². The maximum Gasteiger partial charge on any atom is 0.416 e. The molecule has 29 heavy (non-hydrogen) atoms. The van der Waals surface area contributed by atoms with E-state index in [0.717, 1.165) is 18.2 Å². The average Bonchev–Trinajstić information content (AvgIpc) is 2.66. The second-order valence-corrected chi connectivity index (χ2v) is 6.16. The Labute approximate surface area is 165 Å². The molecule has 0 heterocycles. The summed E-state index contributed by atoms with van der Waals surface area (Å²) in [4.78, 5) is 35.4. The van der Waals surface area contributed by atoms with Crippen molar-refractivity contribution in [1.82, 2.24) is 0 Å². The molecular formula is C21H18F3NO4. The van der Waals surface area contributed by atoms with Crippen molar-refractivity contribution >= 4 is 29.4 Å². The number of hydrogen-bond donors (Lipinski definition) is 1. The van der Waals surface area contributed by atoms with E-state index < -0.39 is 29.7 Å². The van der Waals surface area contributed by atoms with Crippen LogP contribution >= 0.6 is 0 Å². The molecule has 0 aliphatic rings. The van der Waals surface area contributed by atoms with E-state index >= 15 is 0 Å². The van der Waals surface area contributed by atoms with Crippen LogP contribution in [0.1, 0.15) is 35.3 Å². The monoisotopic (exact) mass is 405 g/mol. The van der Waals surface area contributed by atoms with Gasteiger partial charge in [-0.3, -0.25) is 9.59 Å². The van der Waals surface area contributed by atoms with Gasteiger partial charge in [-0.2, -0.15) is 13.2 Å². The van der Waals surface area contributed by atoms with Gasteiger partial charge in [0.2, 0.25) is 0 Å². The Morgan fingerprint density at radius 1 is 1.07 bits per heavy atom. The summed E-state index contributed by atoms with van der Waals surface area (Å²) < 4.78 is 43.0. The molecule has 1 atom stereocenters. The fourth-order valence-electron chi connectivity index (χ4n) is 2.31. The van der Waals surface area contributed by atoms with Gasteiger partial charge < -0.3 is 10.1 Å². The molecular weight excluding hydrogens is 387 g/mol. The number of rotatable bonds is 6. The Hall–Kier alpha value is -3.42. The number of halogens is 3. The molecule has 0 aliphatic carbocycles. The molecule has 0 saturated heterocycles. The van der Waals surface area contributed by atoms with Gasteiger partial charge in [0, 0.05) is 17.3 Å². The molecule has 0 aliphatic heterocycles. The zero-order chi connectivity index (χ0) is 21.6. The summed E-state index contributed by atoms with van der Waals surface area (Å²) in [5, 5.41) is 2.52. The van der Waals surface area contributed by atoms with Crippen molar-refractivity contribution in [3.8, 4) is 0 Å². The minimum atomic E-state index is -4.49. The third-order valence-corrected chi connectivity index (χ3v) is 3.82. The highest BCUT2D eigenvalue weighted by Gasteiger charge is 2.30. The zero-order valence-corrected chi connectivity index (χ0v) is 15.6. The lowest BCUT2D eigenvalue weighted by Gasteiger charge is -2.12. The smallest absolute Gasteiger partial charge is 0.416 e. The van der Waals surface area contributed by atoms with E-state index in [1.54, 1.807) is 18.2 Å². The van der Waals surface area contributed by atoms with Crippen LogP contribution < -0.4 is 5.32 Å². The highest BCUT2D eigenvalue weighted by Crippen LogP contribution is 2.29. The van der Waals surface area contributed by atoms with Gasteiger partial charge in [0.15, 0.2) is 11.9 Å². The van der Waals surface area contributed by atoms with Gasteiger partial charge in [-0.05, 0) is 49.8 Å². The van der Waals surface area contributed by atoms with Crippen LogP contribution in [0.2, 0.25) is 0 Å². The lowest BCUT2D eigenvalue weighted by Crippen LogP contribution is -2.29. The number of anilines is 1. The van der Waals surface area contributed by atoms with Crippen LogP contribution in [-0.4, -0.2) is 23.8 Å². The zero-order valence-electron chi connectivity index (χ0n) is 15.6. The molecule has 1 unspecified atom stereocenters. The summed E-state index contributed by atoms with van der Waals surface area (Å²) in [7, 11) is 0. The van der Waals surface area contributed by atoms with Crippen molar-refractivity contribution in [1.29, 1.82) is 0 Å². The van der Waals surface area contributed by atoms with E-state index in [-0.39, 0.29) is 11.3 Å². The third-order valence-electron chi connectivity index (χ3n) is 3.82. The Morgan fingerprint density at radius 3 is 2.41 bits per heavy atom. The largest absolute Gasteiger partial charge is 0.449 e. The highest BCUT2D eigenvalue weighted by atomic mass is 19.4. The van der Waals surface area contributed by atoms with Crippen molar-refractivity contribution in [3.63, 3.8) is 0 Å². The second kappa shape index (κ2) is 9.18. The minimum absolute atomic E-state index is 0.162. The van der Waals surface area contributed by atoms with Crippen molar-refractivity contribution in [2.45, 2.75) is 26.1 Å². The first kappa shape index (κ1) is 21.9. The van der Waals surface area contributed by atoms with Crippen molar-refractivity contribution in [3.05, 3.63) is 71.3 Å². The number of carbonyl (C=O) groups is 3. The maximum absolute atomic E-state index is 12.7. The molecule has 5 nitrogen and oxygen atoms in total. The molecule has 2 aromatic rings. The van der Waals surface area contributed by atoms with Gasteiger partial charge in [0.1, 0.15) is 0 Å². The molecule has 1 N–H and O–H groups in total. The van der Waals surface area contributed by atoms with E-state index in [1.165, 1.54) is 38.1 Å². The van der Waals surface area contributed by atoms with Gasteiger partial charge in [-0.15, -0.1) is 0 Å². The number of ketones is 1. The summed E-state index contributed by atoms with van der Waals surface area (Å²) in [5.74, 6) is -1.67. The quantitative estimate of drug-likeness (QED) is 0.437. The molecule has 8 heteroatoms. The number of hydrogen-bond acceptors (Lipinski definition) is 4. The molecule has 0 spiro atoms. The van der Waals surface area contributed by atoms with E-state index in [9.17, 15) is 27.6 Å². The van der Waals surface area contributed by atoms with Gasteiger partial charge in [0.05, 0.1) is 5.56 Å². The van der Waals surface area contributed by atoms with Crippen molar-refractivity contribution in [2.75, 3.05) is 5.32 Å². The molecule has 152 valence electrons. The van der Waals surface area contributed by atoms with E-state index in [1.807, 2.05) is 0 Å². The number of alkyl halides is 3. The molecule has 0 bridgehead atoms. The van der Waals surface area contributed by atoms with E-state index in [0.29, 0.717) is 11.3 Å². The Bertz CT molecular complexity index is 951. The summed E-state index contributed by atoms with van der Waals surface area (Å²) >= 11 is 0. The first-order valence-corrected chi connectivity index (χ1v) is 8.54. The highest BCUT2D eigenvalue weighted by molar-refractivity contribution is 5.99. The fraction of sp³-hybridized carbons (Fsp3) is 0.190. The van der Waals surface area contributed by atoms with Gasteiger partial charge in [0.25, 0.3) is 5.91 Å². The Morgan fingerprint density at radius 2 is 1.76 bits per heavy atom. The van der Waals surface area contributed by atoms with Crippen LogP contribution in [0.25, 0.3) is 6.08 Å². The van der Waals surface area contributed by atoms with Crippen molar-refractivity contribution < 1.29 is 32.3 Å². The Balaban J connectivity index is 1.96. The average molecular weight is 405 g/mol. The topological polar surface area (TPSA) is 72.5 Å². The summed E-state index contributed by atoms with van der Waals surface area (Å²) in [6.07, 6.45) is -3.54. The molecule has 0 fully saturated rings. The minimum Gasteiger partial charge on any atom is -0.449 e. The number of carbonyl (C=O) groups excluding carboxylic acids is 3. The molecule has 0 radical (unpaired) electrons. The number of benzene rings is 2.